The van der Waals surface area contributed by atoms with Gasteiger partial charge in [0, 0.05) is 17.8 Å². The number of rotatable bonds is 9. The first-order chi connectivity index (χ1) is 14.5. The minimum Gasteiger partial charge on any atom is -0.490 e. The molecule has 1 heterocycles. The molecule has 3 rings (SSSR count). The Hall–Kier alpha value is -3.28. The van der Waals surface area contributed by atoms with Crippen molar-refractivity contribution in [1.29, 1.82) is 0 Å². The second-order valence-corrected chi connectivity index (χ2v) is 7.04. The Morgan fingerprint density at radius 2 is 1.67 bits per heavy atom. The molecule has 1 N–H and O–H groups in total. The highest BCUT2D eigenvalue weighted by molar-refractivity contribution is 5.94. The van der Waals surface area contributed by atoms with Gasteiger partial charge in [-0.25, -0.2) is 4.68 Å². The molecule has 0 fully saturated rings. The third-order valence-corrected chi connectivity index (χ3v) is 4.69. The number of nitrogens with zero attached hydrogens (tertiary/aromatic N) is 2. The molecular formula is C24H29N3O3. The Morgan fingerprint density at radius 1 is 0.967 bits per heavy atom. The van der Waals surface area contributed by atoms with Gasteiger partial charge in [0.2, 0.25) is 0 Å². The number of ether oxygens (including phenoxy) is 2. The molecule has 0 radical (unpaired) electrons. The van der Waals surface area contributed by atoms with Crippen molar-refractivity contribution in [2.24, 2.45) is 0 Å². The molecule has 0 aliphatic heterocycles. The van der Waals surface area contributed by atoms with Crippen molar-refractivity contribution < 1.29 is 14.3 Å². The number of carbonyl (C=O) groups is 1. The summed E-state index contributed by atoms with van der Waals surface area (Å²) in [6.45, 7) is 9.58. The number of hydrogen-bond donors (Lipinski definition) is 1. The lowest BCUT2D eigenvalue weighted by atomic mass is 10.1. The number of amides is 1. The lowest BCUT2D eigenvalue weighted by Gasteiger charge is -2.13. The average molecular weight is 408 g/mol. The number of aromatic nitrogens is 2. The second kappa shape index (κ2) is 9.96. The Labute approximate surface area is 177 Å². The van der Waals surface area contributed by atoms with Crippen LogP contribution in [0.4, 0.5) is 0 Å². The minimum atomic E-state index is -0.0918. The molecule has 0 aliphatic rings. The van der Waals surface area contributed by atoms with Gasteiger partial charge >= 0.3 is 0 Å². The summed E-state index contributed by atoms with van der Waals surface area (Å²) in [4.78, 5) is 12.5. The Morgan fingerprint density at radius 3 is 2.30 bits per heavy atom. The Balaban J connectivity index is 1.58. The van der Waals surface area contributed by atoms with Crippen LogP contribution in [0.1, 0.15) is 41.2 Å². The fourth-order valence-corrected chi connectivity index (χ4v) is 3.32. The summed E-state index contributed by atoms with van der Waals surface area (Å²) in [6, 6.07) is 15.4. The van der Waals surface area contributed by atoms with Crippen molar-refractivity contribution in [1.82, 2.24) is 15.1 Å². The molecule has 158 valence electrons. The minimum absolute atomic E-state index is 0.0918. The molecule has 2 aromatic carbocycles. The highest BCUT2D eigenvalue weighted by atomic mass is 16.5. The van der Waals surface area contributed by atoms with E-state index in [0.29, 0.717) is 31.7 Å². The summed E-state index contributed by atoms with van der Waals surface area (Å²) in [5, 5.41) is 7.45. The van der Waals surface area contributed by atoms with Crippen LogP contribution in [0.25, 0.3) is 5.69 Å². The maximum atomic E-state index is 12.5. The van der Waals surface area contributed by atoms with Crippen LogP contribution in [-0.4, -0.2) is 35.4 Å². The molecule has 0 saturated heterocycles. The summed E-state index contributed by atoms with van der Waals surface area (Å²) >= 11 is 0. The highest BCUT2D eigenvalue weighted by Gasteiger charge is 2.09. The van der Waals surface area contributed by atoms with Gasteiger partial charge in [-0.3, -0.25) is 4.79 Å². The van der Waals surface area contributed by atoms with Gasteiger partial charge in [0.25, 0.3) is 5.91 Å². The SMILES string of the molecule is CCOc1ccc(CCNC(=O)c2ccc(-n3nc(C)cc3C)cc2)cc1OCC. The van der Waals surface area contributed by atoms with E-state index in [2.05, 4.69) is 10.4 Å². The molecule has 0 bridgehead atoms. The van der Waals surface area contributed by atoms with E-state index in [9.17, 15) is 4.79 Å². The van der Waals surface area contributed by atoms with Crippen LogP contribution >= 0.6 is 0 Å². The third-order valence-electron chi connectivity index (χ3n) is 4.69. The van der Waals surface area contributed by atoms with E-state index in [1.807, 2.05) is 80.9 Å². The Bertz CT molecular complexity index is 993. The third kappa shape index (κ3) is 5.20. The first-order valence-electron chi connectivity index (χ1n) is 10.3. The summed E-state index contributed by atoms with van der Waals surface area (Å²) in [6.07, 6.45) is 0.710. The van der Waals surface area contributed by atoms with E-state index in [-0.39, 0.29) is 5.91 Å². The predicted octanol–water partition coefficient (Wildman–Crippen LogP) is 4.26. The molecule has 0 atom stereocenters. The normalized spacial score (nSPS) is 10.7. The average Bonchev–Trinajstić information content (AvgIpc) is 3.08. The molecule has 1 amide bonds. The quantitative estimate of drug-likeness (QED) is 0.576. The summed E-state index contributed by atoms with van der Waals surface area (Å²) in [5.74, 6) is 1.39. The monoisotopic (exact) mass is 407 g/mol. The van der Waals surface area contributed by atoms with Crippen molar-refractivity contribution in [2.75, 3.05) is 19.8 Å². The van der Waals surface area contributed by atoms with Crippen molar-refractivity contribution in [2.45, 2.75) is 34.1 Å². The number of carbonyl (C=O) groups excluding carboxylic acids is 1. The van der Waals surface area contributed by atoms with Gasteiger partial charge < -0.3 is 14.8 Å². The molecule has 0 unspecified atom stereocenters. The topological polar surface area (TPSA) is 65.4 Å². The van der Waals surface area contributed by atoms with E-state index in [4.69, 9.17) is 9.47 Å². The summed E-state index contributed by atoms with van der Waals surface area (Å²) < 4.78 is 13.1. The lowest BCUT2D eigenvalue weighted by Crippen LogP contribution is -2.25. The smallest absolute Gasteiger partial charge is 0.251 e. The van der Waals surface area contributed by atoms with Crippen LogP contribution in [0.3, 0.4) is 0 Å². The molecule has 1 aromatic heterocycles. The molecule has 0 spiro atoms. The summed E-state index contributed by atoms with van der Waals surface area (Å²) in [5.41, 5.74) is 4.68. The highest BCUT2D eigenvalue weighted by Crippen LogP contribution is 2.28. The molecule has 0 aliphatic carbocycles. The van der Waals surface area contributed by atoms with Crippen LogP contribution < -0.4 is 14.8 Å². The fraction of sp³-hybridized carbons (Fsp3) is 0.333. The number of benzene rings is 2. The van der Waals surface area contributed by atoms with E-state index in [0.717, 1.165) is 34.1 Å². The Kier molecular flexibility index (Phi) is 7.12. The van der Waals surface area contributed by atoms with Crippen molar-refractivity contribution in [3.05, 3.63) is 71.0 Å². The molecular weight excluding hydrogens is 378 g/mol. The zero-order valence-corrected chi connectivity index (χ0v) is 18.1. The van der Waals surface area contributed by atoms with E-state index in [1.54, 1.807) is 0 Å². The van der Waals surface area contributed by atoms with Crippen LogP contribution in [0.15, 0.2) is 48.5 Å². The molecule has 0 saturated carbocycles. The number of aryl methyl sites for hydroxylation is 2. The van der Waals surface area contributed by atoms with Crippen molar-refractivity contribution >= 4 is 5.91 Å². The van der Waals surface area contributed by atoms with Gasteiger partial charge in [0.15, 0.2) is 11.5 Å². The molecule has 6 nitrogen and oxygen atoms in total. The van der Waals surface area contributed by atoms with Gasteiger partial charge in [-0.2, -0.15) is 5.10 Å². The van der Waals surface area contributed by atoms with E-state index >= 15 is 0 Å². The van der Waals surface area contributed by atoms with Crippen molar-refractivity contribution in [3.63, 3.8) is 0 Å². The van der Waals surface area contributed by atoms with E-state index in [1.165, 1.54) is 0 Å². The standard InChI is InChI=1S/C24H29N3O3/c1-5-29-22-12-7-19(16-23(22)30-6-2)13-14-25-24(28)20-8-10-21(11-9-20)27-18(4)15-17(3)26-27/h7-12,15-16H,5-6,13-14H2,1-4H3,(H,25,28). The van der Waals surface area contributed by atoms with Gasteiger partial charge in [0.1, 0.15) is 0 Å². The van der Waals surface area contributed by atoms with E-state index < -0.39 is 0 Å². The molecule has 30 heavy (non-hydrogen) atoms. The van der Waals surface area contributed by atoms with Crippen LogP contribution in [-0.2, 0) is 6.42 Å². The summed E-state index contributed by atoms with van der Waals surface area (Å²) in [7, 11) is 0. The van der Waals surface area contributed by atoms with Gasteiger partial charge in [-0.05, 0) is 82.1 Å². The van der Waals surface area contributed by atoms with Gasteiger partial charge in [-0.15, -0.1) is 0 Å². The molecule has 3 aromatic rings. The lowest BCUT2D eigenvalue weighted by molar-refractivity contribution is 0.0954. The zero-order chi connectivity index (χ0) is 21.5. The number of hydrogen-bond acceptors (Lipinski definition) is 4. The zero-order valence-electron chi connectivity index (χ0n) is 18.1. The predicted molar refractivity (Wildman–Crippen MR) is 118 cm³/mol. The first kappa shape index (κ1) is 21.4. The molecule has 6 heteroatoms. The van der Waals surface area contributed by atoms with Crippen LogP contribution in [0.5, 0.6) is 11.5 Å². The van der Waals surface area contributed by atoms with Crippen molar-refractivity contribution in [3.8, 4) is 17.2 Å². The largest absolute Gasteiger partial charge is 0.490 e. The van der Waals surface area contributed by atoms with Crippen LogP contribution in [0, 0.1) is 13.8 Å². The van der Waals surface area contributed by atoms with Crippen LogP contribution in [0.2, 0.25) is 0 Å². The maximum Gasteiger partial charge on any atom is 0.251 e. The number of nitrogens with one attached hydrogen (secondary N) is 1. The second-order valence-electron chi connectivity index (χ2n) is 7.04. The fourth-order valence-electron chi connectivity index (χ4n) is 3.32. The first-order valence-corrected chi connectivity index (χ1v) is 10.3. The van der Waals surface area contributed by atoms with Gasteiger partial charge in [-0.1, -0.05) is 6.07 Å². The van der Waals surface area contributed by atoms with Gasteiger partial charge in [0.05, 0.1) is 24.6 Å². The maximum absolute atomic E-state index is 12.5.